The molecule has 0 rings (SSSR count). The number of hydrogen-bond donors (Lipinski definition) is 0. The number of nitrogens with zero attached hydrogens (tertiary/aromatic N) is 1. The van der Waals surface area contributed by atoms with Gasteiger partial charge in [-0.1, -0.05) is 32.9 Å². The van der Waals surface area contributed by atoms with Gasteiger partial charge in [-0.05, 0) is 33.0 Å². The third-order valence-corrected chi connectivity index (χ3v) is 2.25. The molecule has 12 heavy (non-hydrogen) atoms. The second-order valence-corrected chi connectivity index (χ2v) is 3.72. The Kier molecular flexibility index (Phi) is 9.13. The Balaban J connectivity index is 2.97. The van der Waals surface area contributed by atoms with Crippen molar-refractivity contribution in [2.45, 2.75) is 45.8 Å². The van der Waals surface area contributed by atoms with E-state index in [1.165, 1.54) is 52.3 Å². The molecule has 0 unspecified atom stereocenters. The quantitative estimate of drug-likeness (QED) is 0.398. The van der Waals surface area contributed by atoms with Gasteiger partial charge in [0.15, 0.2) is 0 Å². The Labute approximate surface area is 78.8 Å². The van der Waals surface area contributed by atoms with E-state index >= 15 is 0 Å². The van der Waals surface area contributed by atoms with Crippen LogP contribution in [0.1, 0.15) is 33.1 Å². The van der Waals surface area contributed by atoms with E-state index in [0.717, 1.165) is 0 Å². The van der Waals surface area contributed by atoms with Crippen LogP contribution in [0, 0.1) is 0 Å². The first-order chi connectivity index (χ1) is 5.81. The maximum Gasteiger partial charge on any atom is 0.120 e. The van der Waals surface area contributed by atoms with Crippen molar-refractivity contribution >= 4 is 7.28 Å². The molecule has 0 bridgehead atoms. The zero-order valence-corrected chi connectivity index (χ0v) is 9.10. The fourth-order valence-electron chi connectivity index (χ4n) is 1.48. The van der Waals surface area contributed by atoms with Crippen LogP contribution >= 0.6 is 0 Å². The predicted octanol–water partition coefficient (Wildman–Crippen LogP) is 2.40. The van der Waals surface area contributed by atoms with Crippen molar-refractivity contribution in [3.63, 3.8) is 0 Å². The summed E-state index contributed by atoms with van der Waals surface area (Å²) >= 11 is 0. The highest BCUT2D eigenvalue weighted by Gasteiger charge is 1.95. The van der Waals surface area contributed by atoms with Crippen LogP contribution in [-0.4, -0.2) is 32.3 Å². The summed E-state index contributed by atoms with van der Waals surface area (Å²) in [5.74, 6) is 0. The van der Waals surface area contributed by atoms with Crippen LogP contribution in [0.2, 0.25) is 12.6 Å². The van der Waals surface area contributed by atoms with Crippen LogP contribution in [0.3, 0.4) is 0 Å². The van der Waals surface area contributed by atoms with E-state index in [-0.39, 0.29) is 0 Å². The fourth-order valence-corrected chi connectivity index (χ4v) is 1.48. The lowest BCUT2D eigenvalue weighted by atomic mass is 9.70. The Morgan fingerprint density at radius 1 is 1.08 bits per heavy atom. The molecule has 0 spiro atoms. The third-order valence-electron chi connectivity index (χ3n) is 2.25. The Hall–Kier alpha value is 0.0249. The minimum absolute atomic E-state index is 1.26. The van der Waals surface area contributed by atoms with Crippen molar-refractivity contribution in [3.8, 4) is 0 Å². The molecular weight excluding hydrogens is 145 g/mol. The Morgan fingerprint density at radius 3 is 2.42 bits per heavy atom. The van der Waals surface area contributed by atoms with E-state index in [0.29, 0.717) is 0 Å². The Bertz CT molecular complexity index is 85.9. The summed E-state index contributed by atoms with van der Waals surface area (Å²) in [6, 6.07) is 0. The highest BCUT2D eigenvalue weighted by atomic mass is 15.1. The monoisotopic (exact) mass is 169 g/mol. The number of unbranched alkanes of at least 4 members (excludes halogenated alkanes) is 1. The molecular formula is C10H24BN. The van der Waals surface area contributed by atoms with Gasteiger partial charge in [0.1, 0.15) is 7.28 Å². The molecule has 1 nitrogen and oxygen atoms in total. The fraction of sp³-hybridized carbons (Fsp3) is 1.00. The highest BCUT2D eigenvalue weighted by molar-refractivity contribution is 6.35. The summed E-state index contributed by atoms with van der Waals surface area (Å²) in [5.41, 5.74) is 0. The molecule has 0 saturated heterocycles. The van der Waals surface area contributed by atoms with Crippen LogP contribution < -0.4 is 0 Å². The summed E-state index contributed by atoms with van der Waals surface area (Å²) in [6.45, 7) is 7.06. The molecule has 0 heterocycles. The van der Waals surface area contributed by atoms with Crippen molar-refractivity contribution in [3.05, 3.63) is 0 Å². The molecule has 0 aliphatic rings. The first kappa shape index (κ1) is 12.0. The third kappa shape index (κ3) is 8.12. The smallest absolute Gasteiger partial charge is 0.120 e. The van der Waals surface area contributed by atoms with Gasteiger partial charge in [0, 0.05) is 0 Å². The van der Waals surface area contributed by atoms with Gasteiger partial charge in [0.2, 0.25) is 0 Å². The zero-order valence-electron chi connectivity index (χ0n) is 9.10. The minimum Gasteiger partial charge on any atom is -0.306 e. The molecule has 0 fully saturated rings. The largest absolute Gasteiger partial charge is 0.306 e. The van der Waals surface area contributed by atoms with Gasteiger partial charge in [-0.25, -0.2) is 0 Å². The van der Waals surface area contributed by atoms with Gasteiger partial charge in [-0.15, -0.1) is 0 Å². The first-order valence-corrected chi connectivity index (χ1v) is 5.49. The van der Waals surface area contributed by atoms with Crippen LogP contribution in [0.25, 0.3) is 0 Å². The molecule has 0 aromatic heterocycles. The van der Waals surface area contributed by atoms with Crippen LogP contribution in [0.15, 0.2) is 0 Å². The molecule has 2 heteroatoms. The van der Waals surface area contributed by atoms with Crippen molar-refractivity contribution in [1.82, 2.24) is 4.90 Å². The van der Waals surface area contributed by atoms with E-state index in [4.69, 9.17) is 0 Å². The van der Waals surface area contributed by atoms with Gasteiger partial charge in [-0.2, -0.15) is 0 Å². The molecule has 0 saturated carbocycles. The van der Waals surface area contributed by atoms with Gasteiger partial charge >= 0.3 is 0 Å². The summed E-state index contributed by atoms with van der Waals surface area (Å²) in [7, 11) is 3.64. The molecule has 0 aromatic rings. The van der Waals surface area contributed by atoms with Crippen LogP contribution in [-0.2, 0) is 0 Å². The zero-order chi connectivity index (χ0) is 9.23. The lowest BCUT2D eigenvalue weighted by Gasteiger charge is -2.14. The lowest BCUT2D eigenvalue weighted by Crippen LogP contribution is -2.20. The molecule has 0 radical (unpaired) electrons. The van der Waals surface area contributed by atoms with Gasteiger partial charge in [-0.3, -0.25) is 0 Å². The molecule has 72 valence electrons. The minimum atomic E-state index is 1.26. The molecule has 0 aliphatic carbocycles. The van der Waals surface area contributed by atoms with Crippen molar-refractivity contribution < 1.29 is 0 Å². The van der Waals surface area contributed by atoms with E-state index in [9.17, 15) is 0 Å². The SMILES string of the molecule is CCBCCCCN(C)CCC. The summed E-state index contributed by atoms with van der Waals surface area (Å²) in [5, 5.41) is 0. The van der Waals surface area contributed by atoms with E-state index in [2.05, 4.69) is 25.8 Å². The van der Waals surface area contributed by atoms with Crippen LogP contribution in [0.4, 0.5) is 0 Å². The molecule has 0 amide bonds. The Morgan fingerprint density at radius 2 is 1.83 bits per heavy atom. The second-order valence-electron chi connectivity index (χ2n) is 3.72. The standard InChI is InChI=1S/C10H24BN/c1-4-9-12(3)10-7-6-8-11-5-2/h11H,4-10H2,1-3H3. The number of hydrogen-bond acceptors (Lipinski definition) is 1. The average molecular weight is 169 g/mol. The normalized spacial score (nSPS) is 10.7. The van der Waals surface area contributed by atoms with E-state index in [1.807, 2.05) is 0 Å². The molecule has 0 aromatic carbocycles. The molecule has 0 N–H and O–H groups in total. The number of rotatable bonds is 8. The van der Waals surface area contributed by atoms with Gasteiger partial charge in [0.05, 0.1) is 0 Å². The van der Waals surface area contributed by atoms with E-state index in [1.54, 1.807) is 0 Å². The van der Waals surface area contributed by atoms with E-state index < -0.39 is 0 Å². The second kappa shape index (κ2) is 9.12. The topological polar surface area (TPSA) is 3.24 Å². The predicted molar refractivity (Wildman–Crippen MR) is 59.5 cm³/mol. The highest BCUT2D eigenvalue weighted by Crippen LogP contribution is 1.99. The first-order valence-electron chi connectivity index (χ1n) is 5.49. The molecule has 0 aliphatic heterocycles. The maximum absolute atomic E-state index is 2.44. The molecule has 0 atom stereocenters. The summed E-state index contributed by atoms with van der Waals surface area (Å²) in [6.07, 6.45) is 6.87. The summed E-state index contributed by atoms with van der Waals surface area (Å²) < 4.78 is 0. The average Bonchev–Trinajstić information content (AvgIpc) is 2.05. The van der Waals surface area contributed by atoms with Gasteiger partial charge < -0.3 is 4.90 Å². The van der Waals surface area contributed by atoms with Crippen molar-refractivity contribution in [2.75, 3.05) is 20.1 Å². The van der Waals surface area contributed by atoms with Crippen molar-refractivity contribution in [2.24, 2.45) is 0 Å². The maximum atomic E-state index is 2.44. The van der Waals surface area contributed by atoms with Crippen LogP contribution in [0.5, 0.6) is 0 Å². The van der Waals surface area contributed by atoms with Gasteiger partial charge in [0.25, 0.3) is 0 Å². The van der Waals surface area contributed by atoms with Crippen molar-refractivity contribution in [1.29, 1.82) is 0 Å². The summed E-state index contributed by atoms with van der Waals surface area (Å²) in [4.78, 5) is 2.44. The lowest BCUT2D eigenvalue weighted by molar-refractivity contribution is 0.329.